The number of benzene rings is 1. The zero-order valence-corrected chi connectivity index (χ0v) is 11.4. The van der Waals surface area contributed by atoms with Crippen molar-refractivity contribution >= 4 is 10.9 Å². The summed E-state index contributed by atoms with van der Waals surface area (Å²) in [6, 6.07) is 8.70. The minimum absolute atomic E-state index is 0.184. The van der Waals surface area contributed by atoms with Gasteiger partial charge in [0.1, 0.15) is 0 Å². The average Bonchev–Trinajstić information content (AvgIpc) is 2.26. The van der Waals surface area contributed by atoms with Crippen molar-refractivity contribution in [1.29, 1.82) is 0 Å². The number of pyridine rings is 1. The van der Waals surface area contributed by atoms with E-state index >= 15 is 0 Å². The van der Waals surface area contributed by atoms with E-state index in [-0.39, 0.29) is 5.41 Å². The maximum Gasteiger partial charge on any atom is 0.0704 e. The molecule has 0 radical (unpaired) electrons. The van der Waals surface area contributed by atoms with Crippen LogP contribution in [0.1, 0.15) is 51.7 Å². The fourth-order valence-corrected chi connectivity index (χ4v) is 2.26. The van der Waals surface area contributed by atoms with Crippen molar-refractivity contribution in [1.82, 2.24) is 4.98 Å². The summed E-state index contributed by atoms with van der Waals surface area (Å²) in [5.74, 6) is 0.538. The lowest BCUT2D eigenvalue weighted by molar-refractivity contribution is 0.578. The molecule has 0 aliphatic heterocycles. The molecular formula is C16H21N. The van der Waals surface area contributed by atoms with E-state index in [1.807, 2.05) is 12.3 Å². The van der Waals surface area contributed by atoms with Gasteiger partial charge in [-0.25, -0.2) is 0 Å². The SMILES string of the molecule is CC(C)c1cc2ncccc2cc1C(C)(C)C. The van der Waals surface area contributed by atoms with Gasteiger partial charge in [-0.1, -0.05) is 40.7 Å². The Bertz CT molecular complexity index is 533. The molecule has 0 aliphatic rings. The molecule has 2 rings (SSSR count). The third-order valence-corrected chi connectivity index (χ3v) is 3.20. The molecule has 1 nitrogen and oxygen atoms in total. The van der Waals surface area contributed by atoms with E-state index in [9.17, 15) is 0 Å². The number of rotatable bonds is 1. The molecule has 1 aromatic carbocycles. The van der Waals surface area contributed by atoms with Crippen LogP contribution in [-0.4, -0.2) is 4.98 Å². The number of fused-ring (bicyclic) bond motifs is 1. The maximum atomic E-state index is 4.45. The van der Waals surface area contributed by atoms with Gasteiger partial charge in [0, 0.05) is 11.6 Å². The van der Waals surface area contributed by atoms with Crippen LogP contribution in [0.4, 0.5) is 0 Å². The molecule has 0 spiro atoms. The highest BCUT2D eigenvalue weighted by Crippen LogP contribution is 2.33. The second kappa shape index (κ2) is 4.14. The molecule has 0 unspecified atom stereocenters. The molecule has 17 heavy (non-hydrogen) atoms. The number of hydrogen-bond acceptors (Lipinski definition) is 1. The van der Waals surface area contributed by atoms with Crippen LogP contribution >= 0.6 is 0 Å². The van der Waals surface area contributed by atoms with Gasteiger partial charge >= 0.3 is 0 Å². The minimum Gasteiger partial charge on any atom is -0.256 e. The van der Waals surface area contributed by atoms with Gasteiger partial charge in [-0.2, -0.15) is 0 Å². The minimum atomic E-state index is 0.184. The summed E-state index contributed by atoms with van der Waals surface area (Å²) in [7, 11) is 0. The van der Waals surface area contributed by atoms with Gasteiger partial charge in [-0.05, 0) is 40.7 Å². The van der Waals surface area contributed by atoms with E-state index < -0.39 is 0 Å². The van der Waals surface area contributed by atoms with Crippen LogP contribution in [0.25, 0.3) is 10.9 Å². The standard InChI is InChI=1S/C16H21N/c1-11(2)13-10-15-12(7-6-8-17-15)9-14(13)16(3,4)5/h6-11H,1-5H3. The topological polar surface area (TPSA) is 12.9 Å². The molecule has 90 valence electrons. The Labute approximate surface area is 104 Å². The van der Waals surface area contributed by atoms with Crippen molar-refractivity contribution in [2.24, 2.45) is 0 Å². The normalized spacial score (nSPS) is 12.4. The van der Waals surface area contributed by atoms with E-state index in [0.29, 0.717) is 5.92 Å². The molecule has 1 heterocycles. The molecule has 0 saturated carbocycles. The Balaban J connectivity index is 2.75. The van der Waals surface area contributed by atoms with E-state index in [4.69, 9.17) is 0 Å². The largest absolute Gasteiger partial charge is 0.256 e. The molecule has 0 amide bonds. The van der Waals surface area contributed by atoms with Gasteiger partial charge in [0.2, 0.25) is 0 Å². The quantitative estimate of drug-likeness (QED) is 0.690. The third-order valence-electron chi connectivity index (χ3n) is 3.20. The predicted molar refractivity (Wildman–Crippen MR) is 74.5 cm³/mol. The first kappa shape index (κ1) is 12.1. The highest BCUT2D eigenvalue weighted by molar-refractivity contribution is 5.80. The Hall–Kier alpha value is -1.37. The molecule has 0 aliphatic carbocycles. The molecule has 0 bridgehead atoms. The van der Waals surface area contributed by atoms with Gasteiger partial charge in [0.15, 0.2) is 0 Å². The first-order valence-electron chi connectivity index (χ1n) is 6.29. The molecule has 0 N–H and O–H groups in total. The fourth-order valence-electron chi connectivity index (χ4n) is 2.26. The summed E-state index contributed by atoms with van der Waals surface area (Å²) in [6.45, 7) is 11.3. The van der Waals surface area contributed by atoms with Crippen molar-refractivity contribution in [3.05, 3.63) is 41.6 Å². The Morgan fingerprint density at radius 1 is 1.12 bits per heavy atom. The summed E-state index contributed by atoms with van der Waals surface area (Å²) in [5, 5.41) is 1.24. The van der Waals surface area contributed by atoms with Crippen LogP contribution in [0.3, 0.4) is 0 Å². The molecule has 1 aromatic heterocycles. The summed E-state index contributed by atoms with van der Waals surface area (Å²) in [4.78, 5) is 4.45. The molecular weight excluding hydrogens is 206 g/mol. The summed E-state index contributed by atoms with van der Waals surface area (Å²) >= 11 is 0. The van der Waals surface area contributed by atoms with Gasteiger partial charge in [-0.15, -0.1) is 0 Å². The van der Waals surface area contributed by atoms with E-state index in [1.54, 1.807) is 0 Å². The average molecular weight is 227 g/mol. The smallest absolute Gasteiger partial charge is 0.0704 e. The van der Waals surface area contributed by atoms with Crippen LogP contribution in [-0.2, 0) is 5.41 Å². The molecule has 2 aromatic rings. The first-order chi connectivity index (χ1) is 7.89. The summed E-state index contributed by atoms with van der Waals surface area (Å²) in [6.07, 6.45) is 1.86. The van der Waals surface area contributed by atoms with Gasteiger partial charge in [0.25, 0.3) is 0 Å². The Morgan fingerprint density at radius 3 is 2.41 bits per heavy atom. The number of nitrogens with zero attached hydrogens (tertiary/aromatic N) is 1. The number of hydrogen-bond donors (Lipinski definition) is 0. The monoisotopic (exact) mass is 227 g/mol. The van der Waals surface area contributed by atoms with Crippen molar-refractivity contribution in [2.75, 3.05) is 0 Å². The van der Waals surface area contributed by atoms with Gasteiger partial charge in [-0.3, -0.25) is 4.98 Å². The molecule has 0 saturated heterocycles. The van der Waals surface area contributed by atoms with Crippen molar-refractivity contribution in [3.8, 4) is 0 Å². The van der Waals surface area contributed by atoms with Crippen molar-refractivity contribution < 1.29 is 0 Å². The van der Waals surface area contributed by atoms with Gasteiger partial charge in [0.05, 0.1) is 5.52 Å². The highest BCUT2D eigenvalue weighted by atomic mass is 14.6. The molecule has 0 fully saturated rings. The van der Waals surface area contributed by atoms with E-state index in [2.05, 4.69) is 57.8 Å². The van der Waals surface area contributed by atoms with Gasteiger partial charge < -0.3 is 0 Å². The Kier molecular flexibility index (Phi) is 2.94. The van der Waals surface area contributed by atoms with Crippen LogP contribution in [0.15, 0.2) is 30.5 Å². The fraction of sp³-hybridized carbons (Fsp3) is 0.438. The maximum absolute atomic E-state index is 4.45. The lowest BCUT2D eigenvalue weighted by Crippen LogP contribution is -2.15. The zero-order chi connectivity index (χ0) is 12.6. The zero-order valence-electron chi connectivity index (χ0n) is 11.4. The lowest BCUT2D eigenvalue weighted by Gasteiger charge is -2.25. The second-order valence-corrected chi connectivity index (χ2v) is 6.04. The number of aromatic nitrogens is 1. The third kappa shape index (κ3) is 2.33. The molecule has 1 heteroatoms. The predicted octanol–water partition coefficient (Wildman–Crippen LogP) is 4.66. The van der Waals surface area contributed by atoms with Crippen LogP contribution in [0, 0.1) is 0 Å². The van der Waals surface area contributed by atoms with Crippen molar-refractivity contribution in [3.63, 3.8) is 0 Å². The van der Waals surface area contributed by atoms with Crippen molar-refractivity contribution in [2.45, 2.75) is 46.0 Å². The molecule has 0 atom stereocenters. The first-order valence-corrected chi connectivity index (χ1v) is 6.29. The second-order valence-electron chi connectivity index (χ2n) is 6.04. The van der Waals surface area contributed by atoms with Crippen LogP contribution in [0.5, 0.6) is 0 Å². The summed E-state index contributed by atoms with van der Waals surface area (Å²) < 4.78 is 0. The van der Waals surface area contributed by atoms with E-state index in [0.717, 1.165) is 5.52 Å². The van der Waals surface area contributed by atoms with Crippen LogP contribution in [0.2, 0.25) is 0 Å². The summed E-state index contributed by atoms with van der Waals surface area (Å²) in [5.41, 5.74) is 4.14. The van der Waals surface area contributed by atoms with E-state index in [1.165, 1.54) is 16.5 Å². The highest BCUT2D eigenvalue weighted by Gasteiger charge is 2.20. The van der Waals surface area contributed by atoms with Crippen LogP contribution < -0.4 is 0 Å². The lowest BCUT2D eigenvalue weighted by atomic mass is 9.80. The Morgan fingerprint density at radius 2 is 1.82 bits per heavy atom.